The first-order valence-corrected chi connectivity index (χ1v) is 17.3. The molecule has 0 saturated carbocycles. The molecule has 2 heterocycles. The second-order valence-electron chi connectivity index (χ2n) is 4.89. The van der Waals surface area contributed by atoms with Crippen LogP contribution in [0.5, 0.6) is 0 Å². The molecule has 0 unspecified atom stereocenters. The van der Waals surface area contributed by atoms with Crippen molar-refractivity contribution in [3.8, 4) is 0 Å². The van der Waals surface area contributed by atoms with Gasteiger partial charge < -0.3 is 0 Å². The number of carbonyl (C=O) groups excluding carboxylic acids is 1. The first-order valence-electron chi connectivity index (χ1n) is 5.62. The molecule has 0 atom stereocenters. The van der Waals surface area contributed by atoms with Gasteiger partial charge in [0.1, 0.15) is 0 Å². The topological polar surface area (TPSA) is 26.3 Å². The van der Waals surface area contributed by atoms with Crippen LogP contribution in [0.3, 0.4) is 0 Å². The van der Waals surface area contributed by atoms with E-state index >= 15 is 0 Å². The summed E-state index contributed by atoms with van der Waals surface area (Å²) in [5.41, 5.74) is 0.866. The van der Waals surface area contributed by atoms with E-state index < -0.39 is 18.4 Å². The Morgan fingerprint density at radius 3 is 2.71 bits per heavy atom. The minimum atomic E-state index is -2.24. The summed E-state index contributed by atoms with van der Waals surface area (Å²) >= 11 is 1.20. The van der Waals surface area contributed by atoms with E-state index in [-0.39, 0.29) is 5.97 Å². The Morgan fingerprint density at radius 2 is 2.12 bits per heavy atom. The second-order valence-corrected chi connectivity index (χ2v) is 22.2. The van der Waals surface area contributed by atoms with Crippen LogP contribution >= 0.6 is 22.7 Å². The zero-order valence-corrected chi connectivity index (χ0v) is 15.0. The summed E-state index contributed by atoms with van der Waals surface area (Å²) in [5, 5.41) is 2.05. The Labute approximate surface area is 113 Å². The predicted octanol–water partition coefficient (Wildman–Crippen LogP) is 3.68. The third-order valence-electron chi connectivity index (χ3n) is 2.46. The summed E-state index contributed by atoms with van der Waals surface area (Å²) in [4.78, 5) is 19.1. The molecule has 0 fully saturated rings. The van der Waals surface area contributed by atoms with E-state index in [1.165, 1.54) is 7.59 Å². The van der Waals surface area contributed by atoms with Crippen molar-refractivity contribution in [2.45, 2.75) is 21.7 Å². The molecule has 0 N–H and O–H groups in total. The van der Waals surface area contributed by atoms with E-state index in [2.05, 4.69) is 20.9 Å². The number of thiophene rings is 2. The molecule has 92 valence electrons. The van der Waals surface area contributed by atoms with Gasteiger partial charge in [-0.15, -0.1) is 0 Å². The van der Waals surface area contributed by atoms with E-state index in [1.54, 1.807) is 22.7 Å². The molecule has 2 rings (SSSR count). The normalized spacial score (nSPS) is 12.0. The van der Waals surface area contributed by atoms with Crippen molar-refractivity contribution in [1.82, 2.24) is 0 Å². The molecule has 0 amide bonds. The van der Waals surface area contributed by atoms with Crippen molar-refractivity contribution < 1.29 is 9.53 Å². The molecule has 2 aromatic heterocycles. The van der Waals surface area contributed by atoms with Gasteiger partial charge in [0.2, 0.25) is 0 Å². The number of hydrogen-bond donors (Lipinski definition) is 0. The molecule has 0 aromatic carbocycles. The van der Waals surface area contributed by atoms with Gasteiger partial charge in [-0.3, -0.25) is 0 Å². The van der Waals surface area contributed by atoms with Gasteiger partial charge in [-0.2, -0.15) is 0 Å². The summed E-state index contributed by atoms with van der Waals surface area (Å²) in [6, 6.07) is 2.11. The van der Waals surface area contributed by atoms with E-state index in [9.17, 15) is 4.79 Å². The fourth-order valence-electron chi connectivity index (χ4n) is 1.74. The molecule has 0 bridgehead atoms. The molecular formula is C12H16O2S2Sn. The molecular weight excluding hydrogens is 359 g/mol. The van der Waals surface area contributed by atoms with Crippen molar-refractivity contribution in [2.24, 2.45) is 0 Å². The van der Waals surface area contributed by atoms with Crippen LogP contribution in [-0.4, -0.2) is 31.0 Å². The summed E-state index contributed by atoms with van der Waals surface area (Å²) in [7, 11) is 0. The van der Waals surface area contributed by atoms with E-state index in [4.69, 9.17) is 4.74 Å². The number of fused-ring (bicyclic) bond motifs is 1. The molecule has 0 saturated heterocycles. The Morgan fingerprint density at radius 1 is 1.41 bits per heavy atom. The van der Waals surface area contributed by atoms with Crippen LogP contribution in [-0.2, 0) is 4.74 Å². The molecule has 2 aromatic rings. The van der Waals surface area contributed by atoms with Crippen LogP contribution in [0.4, 0.5) is 0 Å². The SMILES string of the molecule is CCOC(=O)c1[c]([Sn]([CH3])([CH3])[CH3])sc2ccsc12. The van der Waals surface area contributed by atoms with Crippen LogP contribution < -0.4 is 2.89 Å². The van der Waals surface area contributed by atoms with E-state index in [0.717, 1.165) is 10.3 Å². The maximum absolute atomic E-state index is 12.1. The first-order chi connectivity index (χ1) is 7.95. The molecule has 5 heteroatoms. The summed E-state index contributed by atoms with van der Waals surface area (Å²) in [6.07, 6.45) is 0. The van der Waals surface area contributed by atoms with Crippen molar-refractivity contribution in [3.63, 3.8) is 0 Å². The number of ether oxygens (including phenoxy) is 1. The quantitative estimate of drug-likeness (QED) is 0.605. The Balaban J connectivity index is 2.63. The average molecular weight is 375 g/mol. The predicted molar refractivity (Wildman–Crippen MR) is 78.6 cm³/mol. The third kappa shape index (κ3) is 2.53. The Hall–Kier alpha value is -0.0713. The fourth-order valence-corrected chi connectivity index (χ4v) is 10.7. The molecule has 17 heavy (non-hydrogen) atoms. The van der Waals surface area contributed by atoms with Gasteiger partial charge in [-0.05, 0) is 0 Å². The maximum atomic E-state index is 12.1. The Bertz CT molecular complexity index is 548. The summed E-state index contributed by atoms with van der Waals surface area (Å²) in [5.74, 6) is -0.136. The van der Waals surface area contributed by atoms with Gasteiger partial charge in [0, 0.05) is 0 Å². The van der Waals surface area contributed by atoms with Crippen molar-refractivity contribution >= 4 is 59.3 Å². The van der Waals surface area contributed by atoms with Crippen molar-refractivity contribution in [1.29, 1.82) is 0 Å². The molecule has 0 aliphatic heterocycles. The van der Waals surface area contributed by atoms with Gasteiger partial charge in [-0.1, -0.05) is 0 Å². The number of rotatable bonds is 3. The summed E-state index contributed by atoms with van der Waals surface area (Å²) < 4.78 is 8.90. The van der Waals surface area contributed by atoms with E-state index in [0.29, 0.717) is 6.61 Å². The van der Waals surface area contributed by atoms with Crippen LogP contribution in [0.1, 0.15) is 17.3 Å². The minimum absolute atomic E-state index is 0.136. The number of carbonyl (C=O) groups is 1. The van der Waals surface area contributed by atoms with Crippen molar-refractivity contribution in [2.75, 3.05) is 6.61 Å². The van der Waals surface area contributed by atoms with Crippen molar-refractivity contribution in [3.05, 3.63) is 17.0 Å². The molecule has 0 aliphatic rings. The van der Waals surface area contributed by atoms with Gasteiger partial charge in [-0.25, -0.2) is 0 Å². The van der Waals surface area contributed by atoms with Crippen LogP contribution in [0.25, 0.3) is 9.40 Å². The van der Waals surface area contributed by atoms with Crippen LogP contribution in [0.15, 0.2) is 11.4 Å². The standard InChI is InChI=1S/C9H7O2S2.3CH3.Sn/c1-2-11-9(10)6-5-13-7-3-4-12-8(6)7;;;;/h3-4H,2H2,1H3;3*1H3;. The monoisotopic (exact) mass is 376 g/mol. The zero-order chi connectivity index (χ0) is 12.6. The van der Waals surface area contributed by atoms with Gasteiger partial charge in [0.15, 0.2) is 0 Å². The van der Waals surface area contributed by atoms with Crippen LogP contribution in [0.2, 0.25) is 14.8 Å². The number of hydrogen-bond acceptors (Lipinski definition) is 4. The molecule has 2 nitrogen and oxygen atoms in total. The zero-order valence-electron chi connectivity index (χ0n) is 10.5. The number of esters is 1. The first kappa shape index (κ1) is 13.4. The van der Waals surface area contributed by atoms with Gasteiger partial charge in [0.05, 0.1) is 0 Å². The third-order valence-corrected chi connectivity index (χ3v) is 14.1. The van der Waals surface area contributed by atoms with E-state index in [1.807, 2.05) is 12.3 Å². The second kappa shape index (κ2) is 4.90. The van der Waals surface area contributed by atoms with Gasteiger partial charge in [0.25, 0.3) is 0 Å². The molecule has 0 radical (unpaired) electrons. The summed E-state index contributed by atoms with van der Waals surface area (Å²) in [6.45, 7) is 2.30. The average Bonchev–Trinajstić information content (AvgIpc) is 2.73. The van der Waals surface area contributed by atoms with Gasteiger partial charge >= 0.3 is 114 Å². The fraction of sp³-hybridized carbons (Fsp3) is 0.417. The molecule has 0 aliphatic carbocycles. The van der Waals surface area contributed by atoms with Crippen LogP contribution in [0, 0.1) is 0 Å². The molecule has 0 spiro atoms. The Kier molecular flexibility index (Phi) is 3.85.